The quantitative estimate of drug-likeness (QED) is 0.492. The summed E-state index contributed by atoms with van der Waals surface area (Å²) in [5, 5.41) is 5.08. The topological polar surface area (TPSA) is 123 Å². The van der Waals surface area contributed by atoms with Crippen molar-refractivity contribution in [3.8, 4) is 5.75 Å². The number of amides is 4. The molecule has 1 fully saturated rings. The molecule has 1 heterocycles. The molecule has 0 bridgehead atoms. The molecule has 156 valence electrons. The standard InChI is InChI=1S/C18H26N4O5.ClH/c1-26-15-12-13(17(24)20-8-3-11-27-10-2-7-19)4-5-14(15)22-9-6-16(23)21-18(22)25;/h4-5,12H,2-3,6-11,19H2,1H3,(H,20,24)(H,21,23,25);1H. The Bertz CT molecular complexity index is 686. The molecule has 0 unspecified atom stereocenters. The van der Waals surface area contributed by atoms with Gasteiger partial charge in [-0.3, -0.25) is 19.8 Å². The van der Waals surface area contributed by atoms with Crippen LogP contribution in [0.1, 0.15) is 29.6 Å². The number of nitrogens with two attached hydrogens (primary N) is 1. The smallest absolute Gasteiger partial charge is 0.328 e. The van der Waals surface area contributed by atoms with Crippen LogP contribution in [0.5, 0.6) is 5.75 Å². The van der Waals surface area contributed by atoms with Crippen LogP contribution in [-0.4, -0.2) is 57.8 Å². The zero-order valence-electron chi connectivity index (χ0n) is 15.9. The highest BCUT2D eigenvalue weighted by Crippen LogP contribution is 2.30. The van der Waals surface area contributed by atoms with Crippen molar-refractivity contribution in [2.24, 2.45) is 5.73 Å². The molecule has 1 saturated heterocycles. The lowest BCUT2D eigenvalue weighted by atomic mass is 10.1. The van der Waals surface area contributed by atoms with E-state index >= 15 is 0 Å². The lowest BCUT2D eigenvalue weighted by molar-refractivity contribution is -0.120. The number of halogens is 1. The first-order valence-electron chi connectivity index (χ1n) is 8.92. The van der Waals surface area contributed by atoms with Gasteiger partial charge in [-0.2, -0.15) is 0 Å². The minimum atomic E-state index is -0.503. The summed E-state index contributed by atoms with van der Waals surface area (Å²) in [7, 11) is 1.46. The average Bonchev–Trinajstić information content (AvgIpc) is 2.67. The summed E-state index contributed by atoms with van der Waals surface area (Å²) in [5.41, 5.74) is 6.31. The molecule has 0 atom stereocenters. The Balaban J connectivity index is 0.00000392. The molecule has 0 spiro atoms. The van der Waals surface area contributed by atoms with E-state index in [0.29, 0.717) is 49.7 Å². The summed E-state index contributed by atoms with van der Waals surface area (Å²) in [6.45, 7) is 2.53. The lowest BCUT2D eigenvalue weighted by Crippen LogP contribution is -2.49. The number of carbonyl (C=O) groups excluding carboxylic acids is 3. The summed E-state index contributed by atoms with van der Waals surface area (Å²) < 4.78 is 10.7. The normalized spacial score (nSPS) is 13.6. The third-order valence-electron chi connectivity index (χ3n) is 4.03. The van der Waals surface area contributed by atoms with Crippen molar-refractivity contribution in [3.63, 3.8) is 0 Å². The number of ether oxygens (including phenoxy) is 2. The zero-order chi connectivity index (χ0) is 19.6. The van der Waals surface area contributed by atoms with E-state index in [0.717, 1.165) is 6.42 Å². The fraction of sp³-hybridized carbons (Fsp3) is 0.500. The number of carbonyl (C=O) groups is 3. The van der Waals surface area contributed by atoms with E-state index in [-0.39, 0.29) is 37.2 Å². The van der Waals surface area contributed by atoms with Crippen molar-refractivity contribution >= 4 is 35.9 Å². The zero-order valence-corrected chi connectivity index (χ0v) is 16.7. The Morgan fingerprint density at radius 2 is 2.04 bits per heavy atom. The number of urea groups is 1. The maximum absolute atomic E-state index is 12.3. The van der Waals surface area contributed by atoms with Gasteiger partial charge in [0.15, 0.2) is 0 Å². The minimum Gasteiger partial charge on any atom is -0.495 e. The predicted octanol–water partition coefficient (Wildman–Crippen LogP) is 1.05. The highest BCUT2D eigenvalue weighted by molar-refractivity contribution is 6.06. The van der Waals surface area contributed by atoms with Crippen LogP contribution in [0, 0.1) is 0 Å². The van der Waals surface area contributed by atoms with E-state index in [1.165, 1.54) is 12.0 Å². The van der Waals surface area contributed by atoms with Crippen LogP contribution < -0.4 is 26.0 Å². The molecule has 9 nitrogen and oxygen atoms in total. The number of hydrogen-bond acceptors (Lipinski definition) is 6. The largest absolute Gasteiger partial charge is 0.495 e. The van der Waals surface area contributed by atoms with Gasteiger partial charge < -0.3 is 20.5 Å². The number of rotatable bonds is 10. The number of nitrogens with one attached hydrogen (secondary N) is 2. The van der Waals surface area contributed by atoms with Crippen molar-refractivity contribution in [2.75, 3.05) is 44.9 Å². The Labute approximate surface area is 170 Å². The van der Waals surface area contributed by atoms with E-state index in [1.54, 1.807) is 18.2 Å². The van der Waals surface area contributed by atoms with Gasteiger partial charge in [-0.15, -0.1) is 12.4 Å². The molecule has 0 saturated carbocycles. The Kier molecular flexibility index (Phi) is 10.3. The molecule has 1 aromatic carbocycles. The Morgan fingerprint density at radius 1 is 1.29 bits per heavy atom. The van der Waals surface area contributed by atoms with Gasteiger partial charge in [-0.25, -0.2) is 4.79 Å². The third-order valence-corrected chi connectivity index (χ3v) is 4.03. The summed E-state index contributed by atoms with van der Waals surface area (Å²) in [4.78, 5) is 37.0. The number of benzene rings is 1. The lowest BCUT2D eigenvalue weighted by Gasteiger charge is -2.28. The molecule has 4 N–H and O–H groups in total. The second-order valence-electron chi connectivity index (χ2n) is 6.01. The highest BCUT2D eigenvalue weighted by atomic mass is 35.5. The number of methoxy groups -OCH3 is 1. The SMILES string of the molecule is COc1cc(C(=O)NCCCOCCCN)ccc1N1CCC(=O)NC1=O.Cl. The maximum Gasteiger partial charge on any atom is 0.328 e. The van der Waals surface area contributed by atoms with Gasteiger partial charge in [0, 0.05) is 38.3 Å². The second-order valence-corrected chi connectivity index (χ2v) is 6.01. The van der Waals surface area contributed by atoms with E-state index < -0.39 is 6.03 Å². The summed E-state index contributed by atoms with van der Waals surface area (Å²) in [6, 6.07) is 4.33. The number of anilines is 1. The van der Waals surface area contributed by atoms with E-state index in [9.17, 15) is 14.4 Å². The average molecular weight is 415 g/mol. The van der Waals surface area contributed by atoms with Gasteiger partial charge in [0.2, 0.25) is 5.91 Å². The number of hydrogen-bond donors (Lipinski definition) is 3. The molecular weight excluding hydrogens is 388 g/mol. The molecule has 1 aliphatic rings. The molecule has 28 heavy (non-hydrogen) atoms. The summed E-state index contributed by atoms with van der Waals surface area (Å²) in [5.74, 6) is -0.157. The minimum absolute atomic E-state index is 0. The molecule has 4 amide bonds. The molecule has 10 heteroatoms. The summed E-state index contributed by atoms with van der Waals surface area (Å²) in [6.07, 6.45) is 1.74. The number of imide groups is 1. The molecule has 1 aliphatic heterocycles. The van der Waals surface area contributed by atoms with E-state index in [1.807, 2.05) is 0 Å². The molecule has 0 aliphatic carbocycles. The Morgan fingerprint density at radius 3 is 2.71 bits per heavy atom. The van der Waals surface area contributed by atoms with Gasteiger partial charge in [-0.05, 0) is 37.6 Å². The second kappa shape index (κ2) is 12.2. The number of nitrogens with zero attached hydrogens (tertiary/aromatic N) is 1. The van der Waals surface area contributed by atoms with Crippen LogP contribution >= 0.6 is 12.4 Å². The van der Waals surface area contributed by atoms with Crippen molar-refractivity contribution in [1.82, 2.24) is 10.6 Å². The van der Waals surface area contributed by atoms with Crippen molar-refractivity contribution < 1.29 is 23.9 Å². The molecule has 2 rings (SSSR count). The van der Waals surface area contributed by atoms with Gasteiger partial charge in [0.1, 0.15) is 5.75 Å². The van der Waals surface area contributed by atoms with E-state index in [2.05, 4.69) is 10.6 Å². The first-order valence-corrected chi connectivity index (χ1v) is 8.92. The first kappa shape index (κ1) is 23.7. The predicted molar refractivity (Wildman–Crippen MR) is 107 cm³/mol. The van der Waals surface area contributed by atoms with Crippen LogP contribution in [0.3, 0.4) is 0 Å². The highest BCUT2D eigenvalue weighted by Gasteiger charge is 2.26. The molecular formula is C18H27ClN4O5. The maximum atomic E-state index is 12.3. The van der Waals surface area contributed by atoms with Gasteiger partial charge >= 0.3 is 6.03 Å². The van der Waals surface area contributed by atoms with Crippen LogP contribution in [0.15, 0.2) is 18.2 Å². The van der Waals surface area contributed by atoms with Gasteiger partial charge in [0.05, 0.1) is 12.8 Å². The van der Waals surface area contributed by atoms with Crippen LogP contribution in [0.4, 0.5) is 10.5 Å². The first-order chi connectivity index (χ1) is 13.1. The van der Waals surface area contributed by atoms with Crippen molar-refractivity contribution in [2.45, 2.75) is 19.3 Å². The molecule has 0 aromatic heterocycles. The molecule has 0 radical (unpaired) electrons. The van der Waals surface area contributed by atoms with Crippen LogP contribution in [0.2, 0.25) is 0 Å². The Hall–Kier alpha value is -2.36. The van der Waals surface area contributed by atoms with Gasteiger partial charge in [0.25, 0.3) is 5.91 Å². The monoisotopic (exact) mass is 414 g/mol. The van der Waals surface area contributed by atoms with E-state index in [4.69, 9.17) is 15.2 Å². The molecule has 1 aromatic rings. The van der Waals surface area contributed by atoms with Crippen LogP contribution in [0.25, 0.3) is 0 Å². The van der Waals surface area contributed by atoms with Crippen LogP contribution in [-0.2, 0) is 9.53 Å². The third kappa shape index (κ3) is 6.66. The van der Waals surface area contributed by atoms with Gasteiger partial charge in [-0.1, -0.05) is 0 Å². The fourth-order valence-corrected chi connectivity index (χ4v) is 2.60. The van der Waals surface area contributed by atoms with Crippen molar-refractivity contribution in [1.29, 1.82) is 0 Å². The summed E-state index contributed by atoms with van der Waals surface area (Å²) >= 11 is 0. The van der Waals surface area contributed by atoms with Crippen molar-refractivity contribution in [3.05, 3.63) is 23.8 Å². The fourth-order valence-electron chi connectivity index (χ4n) is 2.60.